The van der Waals surface area contributed by atoms with Crippen molar-refractivity contribution in [2.24, 2.45) is 0 Å². The van der Waals surface area contributed by atoms with Gasteiger partial charge in [-0.3, -0.25) is 4.79 Å². The van der Waals surface area contributed by atoms with E-state index in [9.17, 15) is 13.2 Å². The van der Waals surface area contributed by atoms with Gasteiger partial charge in [0.25, 0.3) is 5.91 Å². The summed E-state index contributed by atoms with van der Waals surface area (Å²) in [6, 6.07) is 21.0. The number of aromatic nitrogens is 2. The zero-order valence-corrected chi connectivity index (χ0v) is 22.5. The number of nitrogens with one attached hydrogen (secondary N) is 1. The van der Waals surface area contributed by atoms with Gasteiger partial charge in [-0.2, -0.15) is 0 Å². The van der Waals surface area contributed by atoms with Gasteiger partial charge in [-0.15, -0.1) is 0 Å². The molecule has 1 N–H and O–H groups in total. The summed E-state index contributed by atoms with van der Waals surface area (Å²) in [6.45, 7) is 4.35. The van der Waals surface area contributed by atoms with Crippen LogP contribution in [0.5, 0.6) is 0 Å². The van der Waals surface area contributed by atoms with Crippen LogP contribution >= 0.6 is 11.6 Å². The number of rotatable bonds is 10. The van der Waals surface area contributed by atoms with Crippen molar-refractivity contribution in [2.75, 3.05) is 5.75 Å². The van der Waals surface area contributed by atoms with E-state index in [1.807, 2.05) is 79.1 Å². The SMILES string of the molecule is CCCCCS(=O)(=O)NC(=O)c1ccc2nc(C)n(Cc3ccc(/C=C/c4ccccc4)cc3Cl)c2c1. The number of carbonyl (C=O) groups is 1. The van der Waals surface area contributed by atoms with Crippen LogP contribution in [0.25, 0.3) is 23.2 Å². The number of hydrogen-bond acceptors (Lipinski definition) is 4. The van der Waals surface area contributed by atoms with Crippen molar-refractivity contribution in [1.29, 1.82) is 0 Å². The molecule has 3 aromatic carbocycles. The van der Waals surface area contributed by atoms with Gasteiger partial charge in [0.15, 0.2) is 0 Å². The van der Waals surface area contributed by atoms with E-state index in [0.29, 0.717) is 18.0 Å². The molecule has 0 aliphatic carbocycles. The number of nitrogens with zero attached hydrogens (tertiary/aromatic N) is 2. The smallest absolute Gasteiger partial charge is 0.264 e. The lowest BCUT2D eigenvalue weighted by atomic mass is 10.1. The van der Waals surface area contributed by atoms with Crippen molar-refractivity contribution in [3.63, 3.8) is 0 Å². The maximum atomic E-state index is 12.7. The highest BCUT2D eigenvalue weighted by Crippen LogP contribution is 2.24. The van der Waals surface area contributed by atoms with Gasteiger partial charge in [-0.1, -0.05) is 86.0 Å². The van der Waals surface area contributed by atoms with Crippen LogP contribution in [0.4, 0.5) is 0 Å². The third-order valence-electron chi connectivity index (χ3n) is 6.14. The molecular formula is C29H30ClN3O3S. The highest BCUT2D eigenvalue weighted by Gasteiger charge is 2.18. The van der Waals surface area contributed by atoms with E-state index in [1.54, 1.807) is 18.2 Å². The Kier molecular flexibility index (Phi) is 8.46. The molecule has 0 aliphatic rings. The highest BCUT2D eigenvalue weighted by molar-refractivity contribution is 7.90. The van der Waals surface area contributed by atoms with Crippen molar-refractivity contribution in [3.8, 4) is 0 Å². The van der Waals surface area contributed by atoms with Gasteiger partial charge in [0.2, 0.25) is 10.0 Å². The Hall–Kier alpha value is -3.42. The van der Waals surface area contributed by atoms with Gasteiger partial charge in [0.1, 0.15) is 5.82 Å². The molecule has 192 valence electrons. The number of carbonyl (C=O) groups excluding carboxylic acids is 1. The first-order valence-electron chi connectivity index (χ1n) is 12.3. The van der Waals surface area contributed by atoms with Crippen LogP contribution in [-0.4, -0.2) is 29.6 Å². The number of amides is 1. The predicted molar refractivity (Wildman–Crippen MR) is 151 cm³/mol. The molecule has 4 rings (SSSR count). The Morgan fingerprint density at radius 3 is 2.49 bits per heavy atom. The van der Waals surface area contributed by atoms with Gasteiger partial charge in [-0.25, -0.2) is 18.1 Å². The molecule has 0 radical (unpaired) electrons. The number of aryl methyl sites for hydroxylation is 1. The first kappa shape index (κ1) is 26.6. The average molecular weight is 536 g/mol. The van der Waals surface area contributed by atoms with E-state index in [2.05, 4.69) is 9.71 Å². The second-order valence-corrected chi connectivity index (χ2v) is 11.2. The van der Waals surface area contributed by atoms with Crippen LogP contribution in [0, 0.1) is 6.92 Å². The van der Waals surface area contributed by atoms with Crippen molar-refractivity contribution in [2.45, 2.75) is 39.7 Å². The van der Waals surface area contributed by atoms with Crippen LogP contribution in [0.1, 0.15) is 59.1 Å². The van der Waals surface area contributed by atoms with Crippen molar-refractivity contribution in [3.05, 3.63) is 99.8 Å². The van der Waals surface area contributed by atoms with Crippen LogP contribution in [0.3, 0.4) is 0 Å². The molecule has 0 saturated carbocycles. The minimum absolute atomic E-state index is 0.0686. The molecule has 0 spiro atoms. The van der Waals surface area contributed by atoms with Crippen LogP contribution < -0.4 is 4.72 Å². The Morgan fingerprint density at radius 2 is 1.76 bits per heavy atom. The molecule has 1 aromatic heterocycles. The Labute approximate surface area is 223 Å². The van der Waals surface area contributed by atoms with Gasteiger partial charge >= 0.3 is 0 Å². The summed E-state index contributed by atoms with van der Waals surface area (Å²) in [5.41, 5.74) is 4.73. The van der Waals surface area contributed by atoms with Crippen LogP contribution in [0.2, 0.25) is 5.02 Å². The third-order valence-corrected chi connectivity index (χ3v) is 7.81. The molecule has 0 unspecified atom stereocenters. The molecule has 1 amide bonds. The molecule has 0 bridgehead atoms. The summed E-state index contributed by atoms with van der Waals surface area (Å²) >= 11 is 6.64. The van der Waals surface area contributed by atoms with Crippen molar-refractivity contribution < 1.29 is 13.2 Å². The summed E-state index contributed by atoms with van der Waals surface area (Å²) in [4.78, 5) is 17.3. The first-order chi connectivity index (χ1) is 17.8. The minimum atomic E-state index is -3.69. The number of fused-ring (bicyclic) bond motifs is 1. The monoisotopic (exact) mass is 535 g/mol. The van der Waals surface area contributed by atoms with E-state index in [4.69, 9.17) is 11.6 Å². The summed E-state index contributed by atoms with van der Waals surface area (Å²) in [7, 11) is -3.69. The molecule has 0 aliphatic heterocycles. The third kappa shape index (κ3) is 6.87. The number of hydrogen-bond donors (Lipinski definition) is 1. The molecule has 8 heteroatoms. The number of unbranched alkanes of at least 4 members (excludes halogenated alkanes) is 2. The second-order valence-electron chi connectivity index (χ2n) is 9.00. The summed E-state index contributed by atoms with van der Waals surface area (Å²) in [5.74, 6) is 0.0567. The number of imidazole rings is 1. The standard InChI is InChI=1S/C29H30ClN3O3S/c1-3-4-8-17-37(35,36)32-29(34)24-15-16-27-28(19-24)33(21(2)31-27)20-25-14-13-23(18-26(25)30)12-11-22-9-6-5-7-10-22/h5-7,9-16,18-19H,3-4,8,17,20H2,1-2H3,(H,32,34)/b12-11+. The van der Waals surface area contributed by atoms with E-state index in [1.165, 1.54) is 0 Å². The first-order valence-corrected chi connectivity index (χ1v) is 14.3. The summed E-state index contributed by atoms with van der Waals surface area (Å²) in [6.07, 6.45) is 6.28. The highest BCUT2D eigenvalue weighted by atomic mass is 35.5. The Bertz CT molecular complexity index is 1540. The summed E-state index contributed by atoms with van der Waals surface area (Å²) < 4.78 is 28.7. The van der Waals surface area contributed by atoms with Crippen molar-refractivity contribution >= 4 is 50.7 Å². The molecule has 1 heterocycles. The molecule has 0 atom stereocenters. The number of sulfonamides is 1. The maximum absolute atomic E-state index is 12.7. The van der Waals surface area contributed by atoms with Gasteiger partial charge in [0, 0.05) is 10.6 Å². The second kappa shape index (κ2) is 11.8. The lowest BCUT2D eigenvalue weighted by Gasteiger charge is -2.11. The van der Waals surface area contributed by atoms with Gasteiger partial charge in [0.05, 0.1) is 23.3 Å². The molecule has 4 aromatic rings. The van der Waals surface area contributed by atoms with E-state index < -0.39 is 15.9 Å². The fourth-order valence-corrected chi connectivity index (χ4v) is 5.43. The largest absolute Gasteiger partial charge is 0.324 e. The van der Waals surface area contributed by atoms with Gasteiger partial charge in [-0.05, 0) is 54.3 Å². The molecule has 0 fully saturated rings. The lowest BCUT2D eigenvalue weighted by molar-refractivity contribution is 0.0981. The maximum Gasteiger partial charge on any atom is 0.264 e. The fourth-order valence-electron chi connectivity index (χ4n) is 4.10. The fraction of sp³-hybridized carbons (Fsp3) is 0.241. The zero-order chi connectivity index (χ0) is 26.4. The number of benzene rings is 3. The van der Waals surface area contributed by atoms with Gasteiger partial charge < -0.3 is 4.57 Å². The van der Waals surface area contributed by atoms with E-state index in [0.717, 1.165) is 46.4 Å². The average Bonchev–Trinajstić information content (AvgIpc) is 3.18. The van der Waals surface area contributed by atoms with Crippen LogP contribution in [-0.2, 0) is 16.6 Å². The number of halogens is 1. The predicted octanol–water partition coefficient (Wildman–Crippen LogP) is 6.47. The molecule has 37 heavy (non-hydrogen) atoms. The Morgan fingerprint density at radius 1 is 1.00 bits per heavy atom. The topological polar surface area (TPSA) is 81.1 Å². The summed E-state index contributed by atoms with van der Waals surface area (Å²) in [5, 5.41) is 0.628. The minimum Gasteiger partial charge on any atom is -0.324 e. The molecule has 0 saturated heterocycles. The zero-order valence-electron chi connectivity index (χ0n) is 20.9. The normalized spacial score (nSPS) is 11.9. The van der Waals surface area contributed by atoms with E-state index >= 15 is 0 Å². The van der Waals surface area contributed by atoms with Crippen molar-refractivity contribution in [1.82, 2.24) is 14.3 Å². The quantitative estimate of drug-likeness (QED) is 0.186. The molecule has 6 nitrogen and oxygen atoms in total. The van der Waals surface area contributed by atoms with E-state index in [-0.39, 0.29) is 11.3 Å². The molecular weight excluding hydrogens is 506 g/mol. The van der Waals surface area contributed by atoms with Crippen LogP contribution in [0.15, 0.2) is 66.7 Å². The Balaban J connectivity index is 1.54. The lowest BCUT2D eigenvalue weighted by Crippen LogP contribution is -2.32.